The van der Waals surface area contributed by atoms with E-state index in [4.69, 9.17) is 27.8 Å². The van der Waals surface area contributed by atoms with Crippen LogP contribution in [0.5, 0.6) is 0 Å². The highest BCUT2D eigenvalue weighted by Gasteiger charge is 2.46. The van der Waals surface area contributed by atoms with E-state index in [9.17, 15) is 28.8 Å². The second-order valence-electron chi connectivity index (χ2n) is 6.09. The molecule has 0 aromatic carbocycles. The first-order valence-corrected chi connectivity index (χ1v) is 12.6. The molecule has 0 spiro atoms. The van der Waals surface area contributed by atoms with Gasteiger partial charge in [-0.25, -0.2) is 28.4 Å². The van der Waals surface area contributed by atoms with Gasteiger partial charge in [-0.3, -0.25) is 9.13 Å². The first-order valence-electron chi connectivity index (χ1n) is 7.98. The van der Waals surface area contributed by atoms with E-state index in [1.54, 1.807) is 0 Å². The van der Waals surface area contributed by atoms with E-state index in [0.717, 1.165) is 6.33 Å². The average Bonchev–Trinajstić information content (AvgIpc) is 3.13. The number of aliphatic hydroxyl groups excluding tert-OH is 2. The van der Waals surface area contributed by atoms with Crippen molar-refractivity contribution in [2.45, 2.75) is 24.5 Å². The molecule has 1 aliphatic rings. The third-order valence-corrected chi connectivity index (χ3v) is 7.76. The topological polar surface area (TPSA) is 259 Å². The lowest BCUT2D eigenvalue weighted by Crippen LogP contribution is -2.33. The smallest absolute Gasteiger partial charge is 0.387 e. The molecule has 2 aromatic rings. The van der Waals surface area contributed by atoms with Crippen molar-refractivity contribution in [1.82, 2.24) is 19.5 Å². The van der Waals surface area contributed by atoms with E-state index in [1.807, 2.05) is 0 Å². The summed E-state index contributed by atoms with van der Waals surface area (Å²) in [6, 6.07) is 0. The van der Waals surface area contributed by atoms with Crippen molar-refractivity contribution in [1.29, 1.82) is 0 Å². The number of fused-ring (bicyclic) bond motifs is 1. The lowest BCUT2D eigenvalue weighted by molar-refractivity contribution is -0.0479. The molecule has 2 radical (unpaired) electrons. The number of nitrogens with two attached hydrogens (primary N) is 1. The zero-order valence-corrected chi connectivity index (χ0v) is 17.7. The molecule has 0 aliphatic carbocycles. The van der Waals surface area contributed by atoms with Crippen LogP contribution in [0, 0.1) is 0 Å². The molecule has 0 saturated carbocycles. The maximum Gasteiger partial charge on any atom is 0.487 e. The van der Waals surface area contributed by atoms with Crippen LogP contribution in [-0.4, -0.2) is 76.9 Å². The highest BCUT2D eigenvalue weighted by atomic mass is 31.3. The summed E-state index contributed by atoms with van der Waals surface area (Å²) < 4.78 is 52.8. The van der Waals surface area contributed by atoms with Gasteiger partial charge in [-0.15, -0.1) is 0 Å². The van der Waals surface area contributed by atoms with Crippen molar-refractivity contribution < 1.29 is 56.5 Å². The van der Waals surface area contributed by atoms with E-state index in [0.29, 0.717) is 0 Å². The molecule has 7 N–H and O–H groups in total. The predicted octanol–water partition coefficient (Wildman–Crippen LogP) is -1.45. The van der Waals surface area contributed by atoms with Crippen LogP contribution in [0.25, 0.3) is 11.2 Å². The summed E-state index contributed by atoms with van der Waals surface area (Å²) in [7, 11) is -10.9. The molecular weight excluding hydrogens is 486 g/mol. The minimum atomic E-state index is -5.58. The van der Waals surface area contributed by atoms with Gasteiger partial charge >= 0.3 is 15.6 Å². The van der Waals surface area contributed by atoms with Gasteiger partial charge in [-0.05, 0) is 0 Å². The van der Waals surface area contributed by atoms with E-state index in [2.05, 4.69) is 28.1 Å². The quantitative estimate of drug-likeness (QED) is 0.178. The van der Waals surface area contributed by atoms with Gasteiger partial charge < -0.3 is 39.9 Å². The Kier molecular flexibility index (Phi) is 6.76. The van der Waals surface area contributed by atoms with Crippen LogP contribution < -0.4 is 5.73 Å². The number of hydrogen-bond donors (Lipinski definition) is 6. The van der Waals surface area contributed by atoms with Crippen molar-refractivity contribution in [3.05, 3.63) is 12.7 Å². The summed E-state index contributed by atoms with van der Waals surface area (Å²) in [6.45, 7) is -0.831. The van der Waals surface area contributed by atoms with E-state index < -0.39 is 54.3 Å². The Morgan fingerprint density at radius 3 is 2.45 bits per heavy atom. The van der Waals surface area contributed by atoms with Crippen molar-refractivity contribution in [3.63, 3.8) is 0 Å². The second-order valence-corrected chi connectivity index (χ2v) is 10.6. The van der Waals surface area contributed by atoms with Crippen molar-refractivity contribution in [3.8, 4) is 0 Å². The fourth-order valence-electron chi connectivity index (χ4n) is 2.65. The third-order valence-electron chi connectivity index (χ3n) is 3.84. The van der Waals surface area contributed by atoms with Crippen LogP contribution in [-0.2, 0) is 31.6 Å². The molecule has 17 nitrogen and oxygen atoms in total. The van der Waals surface area contributed by atoms with Gasteiger partial charge in [0.05, 0.1) is 12.9 Å². The minimum absolute atomic E-state index is 0.0591. The average molecular weight is 501 g/mol. The van der Waals surface area contributed by atoms with Crippen LogP contribution >= 0.6 is 23.1 Å². The molecule has 3 rings (SSSR count). The van der Waals surface area contributed by atoms with Gasteiger partial charge in [0.15, 0.2) is 17.7 Å². The highest BCUT2D eigenvalue weighted by Crippen LogP contribution is 2.66. The third kappa shape index (κ3) is 5.76. The van der Waals surface area contributed by atoms with Crippen LogP contribution in [0.4, 0.5) is 5.82 Å². The fourth-order valence-corrected chi connectivity index (χ4v) is 5.80. The fraction of sp³-hybridized carbons (Fsp3) is 0.500. The summed E-state index contributed by atoms with van der Waals surface area (Å²) in [5.41, 5.74) is 6.06. The normalized spacial score (nSPS) is 28.4. The van der Waals surface area contributed by atoms with Crippen LogP contribution in [0.1, 0.15) is 6.23 Å². The Hall–Kier alpha value is -1.26. The van der Waals surface area contributed by atoms with E-state index >= 15 is 0 Å². The standard InChI is InChI=1S/C10H15BN5O12P3/c11-29(19,27-31(23,24)28-30(20,21)22)25-1-4-6(17)7(18)10(26-4)16-3-15-5-8(12)13-2-14-9(5)16/h2-4,6-7,10,17-18H,1H2,(H,23,24)(H2,12,13,14)(H2,20,21,22)/t4-,6?,7+,10-,29?/m1/s1. The molecule has 3 unspecified atom stereocenters. The molecule has 0 amide bonds. The van der Waals surface area contributed by atoms with Gasteiger partial charge in [-0.2, -0.15) is 4.31 Å². The number of phosphoric acid groups is 2. The summed E-state index contributed by atoms with van der Waals surface area (Å²) >= 11 is 0. The molecule has 0 bridgehead atoms. The number of rotatable bonds is 8. The monoisotopic (exact) mass is 501 g/mol. The molecule has 1 fully saturated rings. The van der Waals surface area contributed by atoms with E-state index in [1.165, 1.54) is 10.9 Å². The Morgan fingerprint density at radius 1 is 1.13 bits per heavy atom. The maximum atomic E-state index is 12.0. The van der Waals surface area contributed by atoms with Gasteiger partial charge in [0.1, 0.15) is 30.2 Å². The number of nitrogen functional groups attached to an aromatic ring is 1. The Balaban J connectivity index is 1.69. The highest BCUT2D eigenvalue weighted by molar-refractivity contribution is 7.84. The van der Waals surface area contributed by atoms with Gasteiger partial charge in [0, 0.05) is 0 Å². The molecule has 31 heavy (non-hydrogen) atoms. The van der Waals surface area contributed by atoms with Crippen molar-refractivity contribution in [2.75, 3.05) is 12.3 Å². The molecule has 2 aromatic heterocycles. The zero-order valence-electron chi connectivity index (χ0n) is 15.1. The van der Waals surface area contributed by atoms with Crippen LogP contribution in [0.15, 0.2) is 12.7 Å². The lowest BCUT2D eigenvalue weighted by atomic mass is 10.1. The molecule has 21 heteroatoms. The number of anilines is 1. The Morgan fingerprint density at radius 2 is 1.81 bits per heavy atom. The SMILES string of the molecule is [B]P(=O)(OC[C@H]1O[C@@H](n2cnc3c(N)ncnc32)[C@@H](O)C1O)OP(=O)(O)OP(=O)(O)O. The zero-order chi connectivity index (χ0) is 23.2. The molecule has 6 atom stereocenters. The number of hydrogen-bond acceptors (Lipinski definition) is 13. The number of aliphatic hydroxyl groups is 2. The van der Waals surface area contributed by atoms with Gasteiger partial charge in [-0.1, -0.05) is 0 Å². The summed E-state index contributed by atoms with van der Waals surface area (Å²) in [4.78, 5) is 38.0. The largest absolute Gasteiger partial charge is 0.487 e. The summed E-state index contributed by atoms with van der Waals surface area (Å²) in [6.07, 6.45) is -3.43. The number of aromatic nitrogens is 4. The van der Waals surface area contributed by atoms with Crippen LogP contribution in [0.3, 0.4) is 0 Å². The van der Waals surface area contributed by atoms with Gasteiger partial charge in [0.2, 0.25) is 7.57 Å². The Bertz CT molecular complexity index is 1110. The first kappa shape index (κ1) is 24.4. The van der Waals surface area contributed by atoms with Crippen LogP contribution in [0.2, 0.25) is 0 Å². The molecule has 170 valence electrons. The summed E-state index contributed by atoms with van der Waals surface area (Å²) in [5, 5.41) is 20.5. The number of imidazole rings is 1. The molecule has 3 heterocycles. The Labute approximate surface area is 173 Å². The number of nitrogens with zero attached hydrogens (tertiary/aromatic N) is 4. The minimum Gasteiger partial charge on any atom is -0.387 e. The predicted molar refractivity (Wildman–Crippen MR) is 99.0 cm³/mol. The molecule has 1 aliphatic heterocycles. The summed E-state index contributed by atoms with van der Waals surface area (Å²) in [5.74, 6) is 0.0591. The number of ether oxygens (including phenoxy) is 1. The molecular formula is C10H15BN5O12P3. The van der Waals surface area contributed by atoms with Crippen molar-refractivity contribution >= 4 is 47.7 Å². The van der Waals surface area contributed by atoms with Crippen molar-refractivity contribution in [2.24, 2.45) is 0 Å². The molecule has 1 saturated heterocycles. The maximum absolute atomic E-state index is 12.0. The van der Waals surface area contributed by atoms with E-state index in [-0.39, 0.29) is 17.0 Å². The second kappa shape index (κ2) is 8.59. The van der Waals surface area contributed by atoms with Gasteiger partial charge in [0.25, 0.3) is 7.47 Å². The lowest BCUT2D eigenvalue weighted by Gasteiger charge is -2.21. The first-order chi connectivity index (χ1) is 14.2.